The molecular formula is C17H23BO4. The van der Waals surface area contributed by atoms with E-state index in [1.165, 1.54) is 24.0 Å². The van der Waals surface area contributed by atoms with Crippen LogP contribution in [0.1, 0.15) is 26.2 Å². The van der Waals surface area contributed by atoms with Crippen molar-refractivity contribution < 1.29 is 19.8 Å². The predicted molar refractivity (Wildman–Crippen MR) is 89.3 cm³/mol. The van der Waals surface area contributed by atoms with Crippen LogP contribution in [0.15, 0.2) is 54.6 Å². The fraction of sp³-hybridized carbons (Fsp3) is 0.294. The summed E-state index contributed by atoms with van der Waals surface area (Å²) in [6, 6.07) is 18.7. The summed E-state index contributed by atoms with van der Waals surface area (Å²) in [5, 5.41) is 21.5. The molecule has 0 saturated carbocycles. The van der Waals surface area contributed by atoms with Gasteiger partial charge in [-0.2, -0.15) is 0 Å². The zero-order valence-electron chi connectivity index (χ0n) is 12.9. The third-order valence-corrected chi connectivity index (χ3v) is 2.98. The molecule has 2 aromatic carbocycles. The van der Waals surface area contributed by atoms with E-state index >= 15 is 0 Å². The molecule has 5 heteroatoms. The lowest BCUT2D eigenvalue weighted by Crippen LogP contribution is -2.07. The fourth-order valence-corrected chi connectivity index (χ4v) is 1.92. The first-order valence-electron chi connectivity index (χ1n) is 7.46. The van der Waals surface area contributed by atoms with Gasteiger partial charge in [0.25, 0.3) is 0 Å². The highest BCUT2D eigenvalue weighted by Gasteiger charge is 1.97. The molecule has 118 valence electrons. The van der Waals surface area contributed by atoms with Gasteiger partial charge in [0.1, 0.15) is 5.75 Å². The minimum absolute atomic E-state index is 0.818. The number of hydrogen-bond acceptors (Lipinski definition) is 4. The summed E-state index contributed by atoms with van der Waals surface area (Å²) < 4.78 is 5.70. The molecule has 0 saturated heterocycles. The lowest BCUT2D eigenvalue weighted by molar-refractivity contribution is 0.278. The van der Waals surface area contributed by atoms with Crippen LogP contribution in [-0.2, 0) is 0 Å². The Balaban J connectivity index is 0.000000541. The summed E-state index contributed by atoms with van der Waals surface area (Å²) in [5.41, 5.74) is 2.48. The number of rotatable bonds is 6. The van der Waals surface area contributed by atoms with E-state index in [1.807, 2.05) is 18.2 Å². The molecular weight excluding hydrogens is 279 g/mol. The van der Waals surface area contributed by atoms with Crippen molar-refractivity contribution in [1.29, 1.82) is 0 Å². The first-order chi connectivity index (χ1) is 10.6. The Labute approximate surface area is 132 Å². The Morgan fingerprint density at radius 3 is 1.91 bits per heavy atom. The molecule has 0 aromatic heterocycles. The lowest BCUT2D eigenvalue weighted by Gasteiger charge is -2.07. The number of unbranched alkanes of at least 4 members (excludes halogenated alkanes) is 2. The smallest absolute Gasteiger partial charge is 0.494 e. The summed E-state index contributed by atoms with van der Waals surface area (Å²) in [7, 11) is -2.17. The van der Waals surface area contributed by atoms with Crippen molar-refractivity contribution in [2.75, 3.05) is 6.61 Å². The zero-order chi connectivity index (χ0) is 16.2. The minimum atomic E-state index is -2.17. The van der Waals surface area contributed by atoms with E-state index in [0.717, 1.165) is 18.8 Å². The summed E-state index contributed by atoms with van der Waals surface area (Å²) in [6.45, 7) is 3.02. The van der Waals surface area contributed by atoms with Crippen molar-refractivity contribution in [3.8, 4) is 16.9 Å². The Kier molecular flexibility index (Phi) is 8.99. The molecule has 22 heavy (non-hydrogen) atoms. The Bertz CT molecular complexity index is 497. The SMILES string of the molecule is CCCCCOc1ccc(-c2ccccc2)cc1.OB(O)O. The first kappa shape index (κ1) is 18.2. The Morgan fingerprint density at radius 1 is 0.818 bits per heavy atom. The van der Waals surface area contributed by atoms with E-state index < -0.39 is 7.32 Å². The maximum absolute atomic E-state index is 7.17. The maximum atomic E-state index is 7.17. The highest BCUT2D eigenvalue weighted by molar-refractivity contribution is 6.30. The highest BCUT2D eigenvalue weighted by atomic mass is 16.5. The van der Waals surface area contributed by atoms with Crippen molar-refractivity contribution in [3.63, 3.8) is 0 Å². The summed E-state index contributed by atoms with van der Waals surface area (Å²) in [6.07, 6.45) is 3.61. The van der Waals surface area contributed by atoms with Gasteiger partial charge in [0.15, 0.2) is 0 Å². The van der Waals surface area contributed by atoms with E-state index in [0.29, 0.717) is 0 Å². The van der Waals surface area contributed by atoms with Crippen molar-refractivity contribution >= 4 is 7.32 Å². The number of ether oxygens (including phenoxy) is 1. The molecule has 0 aliphatic carbocycles. The molecule has 0 aliphatic rings. The van der Waals surface area contributed by atoms with Gasteiger partial charge in [-0.15, -0.1) is 0 Å². The number of benzene rings is 2. The largest absolute Gasteiger partial charge is 0.631 e. The molecule has 0 unspecified atom stereocenters. The highest BCUT2D eigenvalue weighted by Crippen LogP contribution is 2.22. The van der Waals surface area contributed by atoms with Crippen LogP contribution in [0.3, 0.4) is 0 Å². The van der Waals surface area contributed by atoms with Crippen LogP contribution in [0.2, 0.25) is 0 Å². The van der Waals surface area contributed by atoms with E-state index in [2.05, 4.69) is 43.3 Å². The van der Waals surface area contributed by atoms with E-state index in [4.69, 9.17) is 19.8 Å². The summed E-state index contributed by atoms with van der Waals surface area (Å²) in [5.74, 6) is 0.964. The topological polar surface area (TPSA) is 69.9 Å². The molecule has 0 fully saturated rings. The van der Waals surface area contributed by atoms with E-state index in [1.54, 1.807) is 0 Å². The summed E-state index contributed by atoms with van der Waals surface area (Å²) in [4.78, 5) is 0. The van der Waals surface area contributed by atoms with E-state index in [-0.39, 0.29) is 0 Å². The fourth-order valence-electron chi connectivity index (χ4n) is 1.92. The standard InChI is InChI=1S/C17H20O.BH3O3/c1-2-3-7-14-18-17-12-10-16(11-13-17)15-8-5-4-6-9-15;2-1(3)4/h4-6,8-13H,2-3,7,14H2,1H3;2-4H. The van der Waals surface area contributed by atoms with Gasteiger partial charge in [-0.1, -0.05) is 62.2 Å². The molecule has 0 aliphatic heterocycles. The monoisotopic (exact) mass is 302 g/mol. The van der Waals surface area contributed by atoms with Crippen LogP contribution in [-0.4, -0.2) is 29.0 Å². The first-order valence-corrected chi connectivity index (χ1v) is 7.46. The second-order valence-corrected chi connectivity index (χ2v) is 4.79. The molecule has 0 radical (unpaired) electrons. The van der Waals surface area contributed by atoms with Gasteiger partial charge in [0.05, 0.1) is 6.61 Å². The molecule has 2 rings (SSSR count). The van der Waals surface area contributed by atoms with Crippen LogP contribution >= 0.6 is 0 Å². The Morgan fingerprint density at radius 2 is 1.36 bits per heavy atom. The van der Waals surface area contributed by atoms with E-state index in [9.17, 15) is 0 Å². The van der Waals surface area contributed by atoms with Gasteiger partial charge < -0.3 is 19.8 Å². The van der Waals surface area contributed by atoms with Crippen LogP contribution < -0.4 is 4.74 Å². The third kappa shape index (κ3) is 7.83. The van der Waals surface area contributed by atoms with Gasteiger partial charge >= 0.3 is 7.32 Å². The molecule has 0 spiro atoms. The lowest BCUT2D eigenvalue weighted by atomic mass is 10.1. The van der Waals surface area contributed by atoms with Crippen molar-refractivity contribution in [1.82, 2.24) is 0 Å². The average Bonchev–Trinajstić information content (AvgIpc) is 2.53. The van der Waals surface area contributed by atoms with Crippen LogP contribution in [0.4, 0.5) is 0 Å². The van der Waals surface area contributed by atoms with Crippen LogP contribution in [0.5, 0.6) is 5.75 Å². The summed E-state index contributed by atoms with van der Waals surface area (Å²) >= 11 is 0. The second kappa shape index (κ2) is 10.8. The van der Waals surface area contributed by atoms with Gasteiger partial charge in [0.2, 0.25) is 0 Å². The van der Waals surface area contributed by atoms with Crippen LogP contribution in [0.25, 0.3) is 11.1 Å². The maximum Gasteiger partial charge on any atom is 0.631 e. The second-order valence-electron chi connectivity index (χ2n) is 4.79. The van der Waals surface area contributed by atoms with Gasteiger partial charge in [0, 0.05) is 0 Å². The molecule has 0 bridgehead atoms. The van der Waals surface area contributed by atoms with Crippen LogP contribution in [0, 0.1) is 0 Å². The average molecular weight is 302 g/mol. The molecule has 0 atom stereocenters. The van der Waals surface area contributed by atoms with Gasteiger partial charge in [-0.3, -0.25) is 0 Å². The minimum Gasteiger partial charge on any atom is -0.494 e. The zero-order valence-corrected chi connectivity index (χ0v) is 12.9. The number of hydrogen-bond donors (Lipinski definition) is 3. The van der Waals surface area contributed by atoms with Gasteiger partial charge in [-0.05, 0) is 29.7 Å². The molecule has 2 aromatic rings. The molecule has 0 amide bonds. The van der Waals surface area contributed by atoms with Crippen molar-refractivity contribution in [3.05, 3.63) is 54.6 Å². The molecule has 3 N–H and O–H groups in total. The normalized spacial score (nSPS) is 9.64. The Hall–Kier alpha value is -1.82. The van der Waals surface area contributed by atoms with Gasteiger partial charge in [-0.25, -0.2) is 0 Å². The third-order valence-electron chi connectivity index (χ3n) is 2.98. The molecule has 0 heterocycles. The predicted octanol–water partition coefficient (Wildman–Crippen LogP) is 2.87. The van der Waals surface area contributed by atoms with Crippen molar-refractivity contribution in [2.24, 2.45) is 0 Å². The molecule has 4 nitrogen and oxygen atoms in total. The van der Waals surface area contributed by atoms with Crippen molar-refractivity contribution in [2.45, 2.75) is 26.2 Å². The quantitative estimate of drug-likeness (QED) is 0.567.